The predicted molar refractivity (Wildman–Crippen MR) is 78.7 cm³/mol. The lowest BCUT2D eigenvalue weighted by atomic mass is 9.85. The standard InChI is InChI=1S/C15H28N2O3/c1-3-4-10-13(14(18)19)17-15(20)16-11(2)12-8-6-5-7-9-12/h11-13H,3-10H2,1-2H3,(H,18,19)(H2,16,17,20)/t11?,13-/m0/s1. The van der Waals surface area contributed by atoms with E-state index >= 15 is 0 Å². The third-order valence-electron chi connectivity index (χ3n) is 4.17. The Morgan fingerprint density at radius 3 is 2.40 bits per heavy atom. The van der Waals surface area contributed by atoms with Crippen molar-refractivity contribution in [1.82, 2.24) is 10.6 Å². The highest BCUT2D eigenvalue weighted by Crippen LogP contribution is 2.26. The molecule has 0 bridgehead atoms. The van der Waals surface area contributed by atoms with Gasteiger partial charge in [-0.05, 0) is 32.1 Å². The van der Waals surface area contributed by atoms with Crippen LogP contribution in [-0.4, -0.2) is 29.2 Å². The predicted octanol–water partition coefficient (Wildman–Crippen LogP) is 2.90. The maximum Gasteiger partial charge on any atom is 0.326 e. The highest BCUT2D eigenvalue weighted by molar-refractivity contribution is 5.82. The molecule has 0 aromatic rings. The molecule has 1 saturated carbocycles. The molecule has 1 rings (SSSR count). The van der Waals surface area contributed by atoms with E-state index in [0.717, 1.165) is 25.7 Å². The Labute approximate surface area is 121 Å². The molecule has 3 N–H and O–H groups in total. The fourth-order valence-corrected chi connectivity index (χ4v) is 2.82. The maximum absolute atomic E-state index is 11.9. The number of unbranched alkanes of at least 4 members (excludes halogenated alkanes) is 1. The van der Waals surface area contributed by atoms with E-state index in [4.69, 9.17) is 5.11 Å². The minimum atomic E-state index is -0.959. The van der Waals surface area contributed by atoms with Crippen LogP contribution in [0.3, 0.4) is 0 Å². The summed E-state index contributed by atoms with van der Waals surface area (Å²) < 4.78 is 0. The van der Waals surface area contributed by atoms with Crippen molar-refractivity contribution < 1.29 is 14.7 Å². The molecule has 0 aliphatic heterocycles. The molecule has 5 heteroatoms. The zero-order chi connectivity index (χ0) is 15.0. The molecule has 0 spiro atoms. The zero-order valence-corrected chi connectivity index (χ0v) is 12.7. The summed E-state index contributed by atoms with van der Waals surface area (Å²) in [5.41, 5.74) is 0. The lowest BCUT2D eigenvalue weighted by Crippen LogP contribution is -2.50. The Morgan fingerprint density at radius 1 is 1.20 bits per heavy atom. The Morgan fingerprint density at radius 2 is 1.85 bits per heavy atom. The maximum atomic E-state index is 11.9. The summed E-state index contributed by atoms with van der Waals surface area (Å²) in [6.45, 7) is 4.02. The average Bonchev–Trinajstić information content (AvgIpc) is 2.44. The molecule has 20 heavy (non-hydrogen) atoms. The second kappa shape index (κ2) is 8.82. The van der Waals surface area contributed by atoms with Crippen LogP contribution in [0.5, 0.6) is 0 Å². The fraction of sp³-hybridized carbons (Fsp3) is 0.867. The van der Waals surface area contributed by atoms with Gasteiger partial charge in [0.15, 0.2) is 0 Å². The van der Waals surface area contributed by atoms with Gasteiger partial charge >= 0.3 is 12.0 Å². The number of aliphatic carboxylic acids is 1. The van der Waals surface area contributed by atoms with Crippen LogP contribution in [0.15, 0.2) is 0 Å². The van der Waals surface area contributed by atoms with Crippen molar-refractivity contribution in [3.63, 3.8) is 0 Å². The average molecular weight is 284 g/mol. The summed E-state index contributed by atoms with van der Waals surface area (Å²) in [4.78, 5) is 23.0. The molecule has 5 nitrogen and oxygen atoms in total. The SMILES string of the molecule is CCCC[C@H](NC(=O)NC(C)C1CCCCC1)C(=O)O. The van der Waals surface area contributed by atoms with E-state index in [2.05, 4.69) is 10.6 Å². The number of carboxylic acid groups (broad SMARTS) is 1. The molecule has 2 atom stereocenters. The van der Waals surface area contributed by atoms with Gasteiger partial charge in [0.25, 0.3) is 0 Å². The number of amides is 2. The first-order valence-corrected chi connectivity index (χ1v) is 7.84. The summed E-state index contributed by atoms with van der Waals surface area (Å²) in [6, 6.07) is -1.03. The number of carbonyl (C=O) groups excluding carboxylic acids is 1. The lowest BCUT2D eigenvalue weighted by molar-refractivity contribution is -0.139. The van der Waals surface area contributed by atoms with Crippen molar-refractivity contribution in [1.29, 1.82) is 0 Å². The molecule has 2 amide bonds. The van der Waals surface area contributed by atoms with E-state index in [9.17, 15) is 9.59 Å². The second-order valence-corrected chi connectivity index (χ2v) is 5.84. The van der Waals surface area contributed by atoms with Crippen molar-refractivity contribution in [2.24, 2.45) is 5.92 Å². The molecule has 0 aromatic heterocycles. The molecule has 0 aromatic carbocycles. The number of urea groups is 1. The van der Waals surface area contributed by atoms with Crippen LogP contribution >= 0.6 is 0 Å². The smallest absolute Gasteiger partial charge is 0.326 e. The van der Waals surface area contributed by atoms with Crippen LogP contribution in [0.25, 0.3) is 0 Å². The number of hydrogen-bond acceptors (Lipinski definition) is 2. The van der Waals surface area contributed by atoms with E-state index in [1.165, 1.54) is 19.3 Å². The summed E-state index contributed by atoms with van der Waals surface area (Å²) in [7, 11) is 0. The topological polar surface area (TPSA) is 78.4 Å². The van der Waals surface area contributed by atoms with E-state index in [0.29, 0.717) is 12.3 Å². The minimum Gasteiger partial charge on any atom is -0.480 e. The number of carboxylic acids is 1. The number of rotatable bonds is 7. The van der Waals surface area contributed by atoms with Gasteiger partial charge in [-0.3, -0.25) is 0 Å². The summed E-state index contributed by atoms with van der Waals surface area (Å²) in [5, 5.41) is 14.6. The van der Waals surface area contributed by atoms with Gasteiger partial charge in [-0.15, -0.1) is 0 Å². The van der Waals surface area contributed by atoms with Gasteiger partial charge in [-0.1, -0.05) is 39.0 Å². The summed E-state index contributed by atoms with van der Waals surface area (Å²) in [6.07, 6.45) is 8.25. The quantitative estimate of drug-likeness (QED) is 0.672. The van der Waals surface area contributed by atoms with Gasteiger partial charge in [-0.2, -0.15) is 0 Å². The van der Waals surface area contributed by atoms with Crippen molar-refractivity contribution in [3.05, 3.63) is 0 Å². The second-order valence-electron chi connectivity index (χ2n) is 5.84. The van der Waals surface area contributed by atoms with E-state index in [1.54, 1.807) is 0 Å². The van der Waals surface area contributed by atoms with Crippen LogP contribution in [0.2, 0.25) is 0 Å². The van der Waals surface area contributed by atoms with Gasteiger partial charge in [0, 0.05) is 6.04 Å². The first kappa shape index (κ1) is 16.8. The van der Waals surface area contributed by atoms with Gasteiger partial charge in [-0.25, -0.2) is 9.59 Å². The highest BCUT2D eigenvalue weighted by Gasteiger charge is 2.24. The first-order chi connectivity index (χ1) is 9.54. The van der Waals surface area contributed by atoms with Crippen LogP contribution < -0.4 is 10.6 Å². The van der Waals surface area contributed by atoms with Crippen LogP contribution in [0.4, 0.5) is 4.79 Å². The van der Waals surface area contributed by atoms with Crippen molar-refractivity contribution in [3.8, 4) is 0 Å². The molecule has 0 radical (unpaired) electrons. The normalized spacial score (nSPS) is 19.1. The molecule has 1 aliphatic rings. The van der Waals surface area contributed by atoms with Gasteiger partial charge in [0.1, 0.15) is 6.04 Å². The molecule has 0 heterocycles. The molecular formula is C15H28N2O3. The minimum absolute atomic E-state index is 0.107. The Kier molecular flexibility index (Phi) is 7.41. The number of carbonyl (C=O) groups is 2. The Bertz CT molecular complexity index is 314. The van der Waals surface area contributed by atoms with Crippen molar-refractivity contribution in [2.75, 3.05) is 0 Å². The molecular weight excluding hydrogens is 256 g/mol. The molecule has 1 unspecified atom stereocenters. The zero-order valence-electron chi connectivity index (χ0n) is 12.7. The summed E-state index contributed by atoms with van der Waals surface area (Å²) in [5.74, 6) is -0.438. The summed E-state index contributed by atoms with van der Waals surface area (Å²) >= 11 is 0. The highest BCUT2D eigenvalue weighted by atomic mass is 16.4. The van der Waals surface area contributed by atoms with E-state index in [-0.39, 0.29) is 12.1 Å². The van der Waals surface area contributed by atoms with Crippen LogP contribution in [0.1, 0.15) is 65.2 Å². The van der Waals surface area contributed by atoms with E-state index < -0.39 is 12.0 Å². The third-order valence-corrected chi connectivity index (χ3v) is 4.17. The largest absolute Gasteiger partial charge is 0.480 e. The Hall–Kier alpha value is -1.26. The molecule has 1 fully saturated rings. The van der Waals surface area contributed by atoms with Gasteiger partial charge in [0.2, 0.25) is 0 Å². The monoisotopic (exact) mass is 284 g/mol. The van der Waals surface area contributed by atoms with Crippen LogP contribution in [0, 0.1) is 5.92 Å². The molecule has 1 aliphatic carbocycles. The van der Waals surface area contributed by atoms with Crippen LogP contribution in [-0.2, 0) is 4.79 Å². The first-order valence-electron chi connectivity index (χ1n) is 7.84. The van der Waals surface area contributed by atoms with Gasteiger partial charge < -0.3 is 15.7 Å². The van der Waals surface area contributed by atoms with Crippen molar-refractivity contribution >= 4 is 12.0 Å². The Balaban J connectivity index is 2.37. The lowest BCUT2D eigenvalue weighted by Gasteiger charge is -2.28. The van der Waals surface area contributed by atoms with Crippen molar-refractivity contribution in [2.45, 2.75) is 77.3 Å². The van der Waals surface area contributed by atoms with E-state index in [1.807, 2.05) is 13.8 Å². The molecule has 0 saturated heterocycles. The number of nitrogens with one attached hydrogen (secondary N) is 2. The van der Waals surface area contributed by atoms with Gasteiger partial charge in [0.05, 0.1) is 0 Å². The fourth-order valence-electron chi connectivity index (χ4n) is 2.82. The number of hydrogen-bond donors (Lipinski definition) is 3. The molecule has 116 valence electrons. The third kappa shape index (κ3) is 5.80.